The molecule has 3 aromatic rings. The molecule has 1 aromatic carbocycles. The Labute approximate surface area is 138 Å². The monoisotopic (exact) mass is 320 g/mol. The normalized spacial score (nSPS) is 13.7. The minimum absolute atomic E-state index is 0.0423. The van der Waals surface area contributed by atoms with Crippen LogP contribution in [0, 0.1) is 6.92 Å². The van der Waals surface area contributed by atoms with Gasteiger partial charge in [0.2, 0.25) is 0 Å². The van der Waals surface area contributed by atoms with Crippen LogP contribution in [0.2, 0.25) is 0 Å². The highest BCUT2D eigenvalue weighted by atomic mass is 16.5. The zero-order chi connectivity index (χ0) is 16.5. The fourth-order valence-electron chi connectivity index (χ4n) is 2.62. The number of benzene rings is 1. The summed E-state index contributed by atoms with van der Waals surface area (Å²) in [5.74, 6) is -0.0423. The maximum atomic E-state index is 12.3. The van der Waals surface area contributed by atoms with Crippen LogP contribution >= 0.6 is 0 Å². The van der Waals surface area contributed by atoms with Crippen LogP contribution in [0.15, 0.2) is 47.3 Å². The lowest BCUT2D eigenvalue weighted by Crippen LogP contribution is -2.25. The second-order valence-corrected chi connectivity index (χ2v) is 5.97. The van der Waals surface area contributed by atoms with E-state index in [2.05, 4.69) is 20.7 Å². The van der Waals surface area contributed by atoms with Gasteiger partial charge in [0, 0.05) is 34.2 Å². The Balaban J connectivity index is 1.78. The molecule has 0 unspecified atom stereocenters. The Kier molecular flexibility index (Phi) is 3.57. The molecule has 1 aliphatic carbocycles. The van der Waals surface area contributed by atoms with Crippen LogP contribution in [0.4, 0.5) is 0 Å². The van der Waals surface area contributed by atoms with Crippen molar-refractivity contribution in [2.45, 2.75) is 25.8 Å². The molecule has 2 aromatic heterocycles. The van der Waals surface area contributed by atoms with Crippen molar-refractivity contribution in [2.24, 2.45) is 0 Å². The van der Waals surface area contributed by atoms with Crippen LogP contribution < -0.4 is 5.32 Å². The van der Waals surface area contributed by atoms with Crippen LogP contribution in [0.25, 0.3) is 22.5 Å². The van der Waals surface area contributed by atoms with Gasteiger partial charge in [0.1, 0.15) is 5.69 Å². The number of hydrogen-bond acceptors (Lipinski definition) is 5. The van der Waals surface area contributed by atoms with Crippen molar-refractivity contribution in [2.75, 3.05) is 0 Å². The maximum Gasteiger partial charge on any atom is 0.251 e. The summed E-state index contributed by atoms with van der Waals surface area (Å²) in [6.45, 7) is 2.00. The lowest BCUT2D eigenvalue weighted by molar-refractivity contribution is 0.0951. The SMILES string of the molecule is Cc1ccc(C(=O)NC2CC2)cc1-c1ncccc1-c1conn1. The molecule has 0 saturated heterocycles. The second kappa shape index (κ2) is 5.88. The van der Waals surface area contributed by atoms with Gasteiger partial charge in [-0.05, 0) is 49.6 Å². The summed E-state index contributed by atoms with van der Waals surface area (Å²) >= 11 is 0. The Morgan fingerprint density at radius 1 is 1.25 bits per heavy atom. The largest absolute Gasteiger partial charge is 0.349 e. The Hall–Kier alpha value is -3.02. The minimum Gasteiger partial charge on any atom is -0.349 e. The van der Waals surface area contributed by atoms with Crippen molar-refractivity contribution in [1.29, 1.82) is 0 Å². The van der Waals surface area contributed by atoms with E-state index in [0.717, 1.165) is 35.2 Å². The number of aromatic nitrogens is 3. The molecule has 0 atom stereocenters. The number of amides is 1. The van der Waals surface area contributed by atoms with E-state index in [0.29, 0.717) is 17.3 Å². The topological polar surface area (TPSA) is 80.9 Å². The molecule has 2 heterocycles. The molecule has 4 rings (SSSR count). The molecule has 1 fully saturated rings. The summed E-state index contributed by atoms with van der Waals surface area (Å²) in [6, 6.07) is 9.75. The van der Waals surface area contributed by atoms with E-state index < -0.39 is 0 Å². The number of pyridine rings is 1. The summed E-state index contributed by atoms with van der Waals surface area (Å²) in [4.78, 5) is 16.8. The fourth-order valence-corrected chi connectivity index (χ4v) is 2.62. The van der Waals surface area contributed by atoms with Crippen molar-refractivity contribution in [3.8, 4) is 22.5 Å². The highest BCUT2D eigenvalue weighted by Gasteiger charge is 2.24. The van der Waals surface area contributed by atoms with Crippen molar-refractivity contribution in [3.05, 3.63) is 53.9 Å². The highest BCUT2D eigenvalue weighted by molar-refractivity contribution is 5.96. The molecule has 0 spiro atoms. The summed E-state index contributed by atoms with van der Waals surface area (Å²) < 4.78 is 4.85. The van der Waals surface area contributed by atoms with Gasteiger partial charge in [-0.15, -0.1) is 5.10 Å². The first-order valence-corrected chi connectivity index (χ1v) is 7.87. The molecule has 120 valence electrons. The lowest BCUT2D eigenvalue weighted by Gasteiger charge is -2.11. The number of rotatable bonds is 4. The van der Waals surface area contributed by atoms with Gasteiger partial charge < -0.3 is 9.84 Å². The molecule has 1 amide bonds. The third-order valence-corrected chi connectivity index (χ3v) is 4.11. The predicted octanol–water partition coefficient (Wildman–Crippen LogP) is 3.00. The predicted molar refractivity (Wildman–Crippen MR) is 88.2 cm³/mol. The number of hydrogen-bond donors (Lipinski definition) is 1. The van der Waals surface area contributed by atoms with Gasteiger partial charge in [0.05, 0.1) is 5.69 Å². The molecule has 6 nitrogen and oxygen atoms in total. The first-order chi connectivity index (χ1) is 11.7. The van der Waals surface area contributed by atoms with Crippen LogP contribution in [0.5, 0.6) is 0 Å². The first kappa shape index (κ1) is 14.6. The van der Waals surface area contributed by atoms with E-state index >= 15 is 0 Å². The third-order valence-electron chi connectivity index (χ3n) is 4.11. The number of aryl methyl sites for hydroxylation is 1. The Bertz CT molecular complexity index is 886. The van der Waals surface area contributed by atoms with Gasteiger partial charge in [0.25, 0.3) is 5.91 Å². The molecule has 24 heavy (non-hydrogen) atoms. The zero-order valence-corrected chi connectivity index (χ0v) is 13.2. The van der Waals surface area contributed by atoms with Gasteiger partial charge in [-0.25, -0.2) is 0 Å². The maximum absolute atomic E-state index is 12.3. The molecule has 1 saturated carbocycles. The smallest absolute Gasteiger partial charge is 0.251 e. The average Bonchev–Trinajstić information content (AvgIpc) is 3.24. The first-order valence-electron chi connectivity index (χ1n) is 7.87. The van der Waals surface area contributed by atoms with E-state index in [1.54, 1.807) is 6.20 Å². The van der Waals surface area contributed by atoms with Gasteiger partial charge in [-0.2, -0.15) is 0 Å². The number of nitrogens with zero attached hydrogens (tertiary/aromatic N) is 3. The molecule has 0 radical (unpaired) electrons. The summed E-state index contributed by atoms with van der Waals surface area (Å²) in [6.07, 6.45) is 5.34. The van der Waals surface area contributed by atoms with Gasteiger partial charge >= 0.3 is 0 Å². The van der Waals surface area contributed by atoms with E-state index in [-0.39, 0.29) is 5.91 Å². The molecule has 1 N–H and O–H groups in total. The van der Waals surface area contributed by atoms with Crippen LogP contribution in [-0.2, 0) is 0 Å². The van der Waals surface area contributed by atoms with Crippen molar-refractivity contribution >= 4 is 5.91 Å². The van der Waals surface area contributed by atoms with Crippen LogP contribution in [-0.4, -0.2) is 27.3 Å². The van der Waals surface area contributed by atoms with Gasteiger partial charge in [-0.1, -0.05) is 6.07 Å². The van der Waals surface area contributed by atoms with Crippen LogP contribution in [0.1, 0.15) is 28.8 Å². The molecular weight excluding hydrogens is 304 g/mol. The van der Waals surface area contributed by atoms with E-state index in [4.69, 9.17) is 4.52 Å². The Morgan fingerprint density at radius 3 is 2.88 bits per heavy atom. The lowest BCUT2D eigenvalue weighted by atomic mass is 9.97. The molecule has 0 bridgehead atoms. The number of nitrogens with one attached hydrogen (secondary N) is 1. The highest BCUT2D eigenvalue weighted by Crippen LogP contribution is 2.31. The summed E-state index contributed by atoms with van der Waals surface area (Å²) in [5.41, 5.74) is 4.77. The summed E-state index contributed by atoms with van der Waals surface area (Å²) in [7, 11) is 0. The second-order valence-electron chi connectivity index (χ2n) is 5.97. The number of carbonyl (C=O) groups is 1. The van der Waals surface area contributed by atoms with Crippen LogP contribution in [0.3, 0.4) is 0 Å². The van der Waals surface area contributed by atoms with Crippen molar-refractivity contribution in [1.82, 2.24) is 20.7 Å². The van der Waals surface area contributed by atoms with E-state index in [1.165, 1.54) is 6.26 Å². The fraction of sp³-hybridized carbons (Fsp3) is 0.222. The van der Waals surface area contributed by atoms with Crippen molar-refractivity contribution in [3.63, 3.8) is 0 Å². The third kappa shape index (κ3) is 2.78. The number of carbonyl (C=O) groups excluding carboxylic acids is 1. The zero-order valence-electron chi connectivity index (χ0n) is 13.2. The molecule has 1 aliphatic rings. The van der Waals surface area contributed by atoms with E-state index in [1.807, 2.05) is 37.3 Å². The molecule has 6 heteroatoms. The molecule has 0 aliphatic heterocycles. The van der Waals surface area contributed by atoms with Crippen molar-refractivity contribution < 1.29 is 9.32 Å². The summed E-state index contributed by atoms with van der Waals surface area (Å²) in [5, 5.41) is 10.5. The molecular formula is C18H16N4O2. The quantitative estimate of drug-likeness (QED) is 0.799. The van der Waals surface area contributed by atoms with Gasteiger partial charge in [0.15, 0.2) is 6.26 Å². The Morgan fingerprint density at radius 2 is 2.12 bits per heavy atom. The van der Waals surface area contributed by atoms with E-state index in [9.17, 15) is 4.79 Å². The standard InChI is InChI=1S/C18H16N4O2/c1-11-4-5-12(18(23)20-13-6-7-13)9-15(11)17-14(3-2-8-19-17)16-10-24-22-21-16/h2-5,8-10,13H,6-7H2,1H3,(H,20,23). The van der Waals surface area contributed by atoms with Gasteiger partial charge in [-0.3, -0.25) is 9.78 Å². The average molecular weight is 320 g/mol. The minimum atomic E-state index is -0.0423.